The number of nitrogens with one attached hydrogen (secondary N) is 1. The molecule has 0 spiro atoms. The zero-order chi connectivity index (χ0) is 22.1. The minimum Gasteiger partial charge on any atom is -0.486 e. The number of carboxylic acid groups (broad SMARTS) is 1. The van der Waals surface area contributed by atoms with Gasteiger partial charge in [-0.25, -0.2) is 9.78 Å². The molecule has 0 fully saturated rings. The Labute approximate surface area is 189 Å². The van der Waals surface area contributed by atoms with Crippen LogP contribution in [0, 0.1) is 10.1 Å². The number of nitro benzene ring substituents is 1. The van der Waals surface area contributed by atoms with Gasteiger partial charge in [0.1, 0.15) is 23.1 Å². The Morgan fingerprint density at radius 1 is 1.32 bits per heavy atom. The summed E-state index contributed by atoms with van der Waals surface area (Å²) in [7, 11) is 0. The molecule has 0 atom stereocenters. The van der Waals surface area contributed by atoms with Gasteiger partial charge in [-0.05, 0) is 12.1 Å². The Kier molecular flexibility index (Phi) is 5.77. The van der Waals surface area contributed by atoms with Crippen LogP contribution < -0.4 is 10.2 Å². The first-order valence-electron chi connectivity index (χ1n) is 8.74. The van der Waals surface area contributed by atoms with Crippen LogP contribution in [0.1, 0.15) is 10.4 Å². The molecule has 158 valence electrons. The predicted octanol–water partition coefficient (Wildman–Crippen LogP) is 5.01. The fourth-order valence-electron chi connectivity index (χ4n) is 3.00. The number of carbonyl (C=O) groups is 1. The number of rotatable bonds is 6. The normalized spacial score (nSPS) is 12.5. The summed E-state index contributed by atoms with van der Waals surface area (Å²) in [5.74, 6) is -0.869. The lowest BCUT2D eigenvalue weighted by molar-refractivity contribution is -0.385. The molecule has 0 saturated heterocycles. The van der Waals surface area contributed by atoms with Gasteiger partial charge in [-0.2, -0.15) is 5.10 Å². The van der Waals surface area contributed by atoms with Crippen LogP contribution in [0.3, 0.4) is 0 Å². The smallest absolute Gasteiger partial charge is 0.352 e. The lowest BCUT2D eigenvalue weighted by atomic mass is 10.1. The second-order valence-corrected chi connectivity index (χ2v) is 8.22. The number of carboxylic acids is 1. The Morgan fingerprint density at radius 3 is 2.84 bits per heavy atom. The Balaban J connectivity index is 1.61. The molecule has 4 rings (SSSR count). The van der Waals surface area contributed by atoms with E-state index in [1.54, 1.807) is 18.2 Å². The largest absolute Gasteiger partial charge is 0.486 e. The van der Waals surface area contributed by atoms with Crippen molar-refractivity contribution in [1.29, 1.82) is 0 Å². The highest BCUT2D eigenvalue weighted by Crippen LogP contribution is 2.46. The number of hydrogen-bond donors (Lipinski definition) is 2. The second-order valence-electron chi connectivity index (χ2n) is 6.36. The molecular formula is C19H12Cl2N4O5S. The van der Waals surface area contributed by atoms with Gasteiger partial charge in [0.25, 0.3) is 5.69 Å². The molecule has 2 N–H and O–H groups in total. The minimum atomic E-state index is -1.30. The van der Waals surface area contributed by atoms with Crippen molar-refractivity contribution in [3.8, 4) is 17.0 Å². The number of fused-ring (bicyclic) bond motifs is 3. The van der Waals surface area contributed by atoms with Crippen LogP contribution in [0.2, 0.25) is 10.0 Å². The average Bonchev–Trinajstić information content (AvgIpc) is 3.17. The zero-order valence-corrected chi connectivity index (χ0v) is 17.8. The Bertz CT molecular complexity index is 1240. The topological polar surface area (TPSA) is 127 Å². The van der Waals surface area contributed by atoms with Crippen molar-refractivity contribution in [2.24, 2.45) is 5.10 Å². The van der Waals surface area contributed by atoms with Crippen molar-refractivity contribution < 1.29 is 19.6 Å². The maximum atomic E-state index is 11.6. The fraction of sp³-hybridized carbons (Fsp3) is 0.105. The third-order valence-corrected chi connectivity index (χ3v) is 6.15. The van der Waals surface area contributed by atoms with Crippen LogP contribution in [-0.2, 0) is 17.8 Å². The van der Waals surface area contributed by atoms with Crippen molar-refractivity contribution in [3.05, 3.63) is 67.0 Å². The van der Waals surface area contributed by atoms with E-state index in [2.05, 4.69) is 15.5 Å². The molecule has 0 saturated carbocycles. The first-order valence-corrected chi connectivity index (χ1v) is 10.3. The summed E-state index contributed by atoms with van der Waals surface area (Å²) in [4.78, 5) is 27.5. The highest BCUT2D eigenvalue weighted by Gasteiger charge is 2.25. The first-order chi connectivity index (χ1) is 14.8. The quantitative estimate of drug-likeness (QED) is 0.289. The van der Waals surface area contributed by atoms with Crippen molar-refractivity contribution in [2.45, 2.75) is 13.0 Å². The van der Waals surface area contributed by atoms with Crippen LogP contribution in [0.15, 0.2) is 41.5 Å². The number of nitrogens with zero attached hydrogens (tertiary/aromatic N) is 3. The number of benzene rings is 2. The van der Waals surface area contributed by atoms with Crippen molar-refractivity contribution in [1.82, 2.24) is 4.98 Å². The van der Waals surface area contributed by atoms with Crippen LogP contribution in [0.25, 0.3) is 11.3 Å². The second kappa shape index (κ2) is 8.50. The third kappa shape index (κ3) is 4.18. The van der Waals surface area contributed by atoms with Gasteiger partial charge in [0.2, 0.25) is 5.13 Å². The molecule has 2 aromatic carbocycles. The highest BCUT2D eigenvalue weighted by molar-refractivity contribution is 7.16. The predicted molar refractivity (Wildman–Crippen MR) is 117 cm³/mol. The Hall–Kier alpha value is -3.21. The van der Waals surface area contributed by atoms with Gasteiger partial charge >= 0.3 is 5.97 Å². The van der Waals surface area contributed by atoms with Gasteiger partial charge in [0, 0.05) is 23.6 Å². The molecule has 31 heavy (non-hydrogen) atoms. The van der Waals surface area contributed by atoms with Gasteiger partial charge in [-0.3, -0.25) is 15.5 Å². The molecule has 0 unspecified atom stereocenters. The molecule has 1 aromatic heterocycles. The van der Waals surface area contributed by atoms with E-state index in [-0.39, 0.29) is 30.0 Å². The van der Waals surface area contributed by atoms with Crippen LogP contribution >= 0.6 is 34.5 Å². The number of thiazole rings is 1. The number of nitro groups is 1. The maximum absolute atomic E-state index is 11.6. The van der Waals surface area contributed by atoms with Crippen molar-refractivity contribution in [2.75, 3.05) is 5.43 Å². The molecule has 3 aromatic rings. The molecule has 2 heterocycles. The van der Waals surface area contributed by atoms with Crippen LogP contribution in [0.5, 0.6) is 5.75 Å². The molecular weight excluding hydrogens is 467 g/mol. The molecule has 0 bridgehead atoms. The van der Waals surface area contributed by atoms with E-state index in [4.69, 9.17) is 27.9 Å². The first kappa shape index (κ1) is 21.0. The van der Waals surface area contributed by atoms with E-state index < -0.39 is 10.9 Å². The third-order valence-electron chi connectivity index (χ3n) is 4.43. The van der Waals surface area contributed by atoms with Crippen LogP contribution in [-0.4, -0.2) is 26.7 Å². The van der Waals surface area contributed by atoms with E-state index in [9.17, 15) is 20.0 Å². The van der Waals surface area contributed by atoms with Gasteiger partial charge in [0.15, 0.2) is 0 Å². The van der Waals surface area contributed by atoms with Crippen molar-refractivity contribution >= 4 is 57.0 Å². The van der Waals surface area contributed by atoms with Gasteiger partial charge in [-0.15, -0.1) is 0 Å². The molecule has 0 aliphatic carbocycles. The maximum Gasteiger partial charge on any atom is 0.352 e. The van der Waals surface area contributed by atoms with E-state index in [1.165, 1.54) is 29.5 Å². The van der Waals surface area contributed by atoms with Crippen molar-refractivity contribution in [3.63, 3.8) is 0 Å². The van der Waals surface area contributed by atoms with E-state index in [0.29, 0.717) is 32.2 Å². The summed E-state index contributed by atoms with van der Waals surface area (Å²) < 4.78 is 5.69. The number of anilines is 1. The number of para-hydroxylation sites is 1. The summed E-state index contributed by atoms with van der Waals surface area (Å²) in [5.41, 5.74) is 3.71. The number of aliphatic carboxylic acids is 1. The lowest BCUT2D eigenvalue weighted by Gasteiger charge is -2.17. The summed E-state index contributed by atoms with van der Waals surface area (Å²) in [5, 5.41) is 25.6. The molecule has 9 nitrogen and oxygen atoms in total. The summed E-state index contributed by atoms with van der Waals surface area (Å²) in [6.45, 7) is 0.230. The minimum absolute atomic E-state index is 0.176. The van der Waals surface area contributed by atoms with Crippen LogP contribution in [0.4, 0.5) is 10.8 Å². The Morgan fingerprint density at radius 2 is 2.10 bits per heavy atom. The average molecular weight is 479 g/mol. The number of ether oxygens (including phenoxy) is 1. The lowest BCUT2D eigenvalue weighted by Crippen LogP contribution is -2.18. The summed E-state index contributed by atoms with van der Waals surface area (Å²) in [6, 6.07) is 9.29. The van der Waals surface area contributed by atoms with E-state index >= 15 is 0 Å². The van der Waals surface area contributed by atoms with Gasteiger partial charge in [0.05, 0.1) is 20.5 Å². The molecule has 12 heteroatoms. The fourth-order valence-corrected chi connectivity index (χ4v) is 4.20. The van der Waals surface area contributed by atoms with E-state index in [1.807, 2.05) is 0 Å². The number of hydrazone groups is 1. The molecule has 0 amide bonds. The monoisotopic (exact) mass is 478 g/mol. The molecule has 1 aliphatic rings. The molecule has 1 aliphatic heterocycles. The number of hydrogen-bond acceptors (Lipinski definition) is 8. The number of aromatic nitrogens is 1. The highest BCUT2D eigenvalue weighted by atomic mass is 35.5. The number of halogens is 2. The van der Waals surface area contributed by atoms with Gasteiger partial charge < -0.3 is 9.84 Å². The SMILES string of the molecule is O=C(O)C(Cc1ccccc1[N+](=O)[O-])=NNc1nc2c(s1)COc1c-2ccc(Cl)c1Cl. The van der Waals surface area contributed by atoms with Gasteiger partial charge in [-0.1, -0.05) is 52.7 Å². The molecule has 0 radical (unpaired) electrons. The standard InChI is InChI=1S/C19H12Cl2N4O5S/c20-11-6-5-10-16-14(8-30-17(10)15(11)21)31-19(22-16)24-23-12(18(26)27)7-9-3-1-2-4-13(9)25(28)29/h1-6H,7-8H2,(H,22,24)(H,26,27). The summed E-state index contributed by atoms with van der Waals surface area (Å²) in [6.07, 6.45) is -0.232. The summed E-state index contributed by atoms with van der Waals surface area (Å²) >= 11 is 13.5. The van der Waals surface area contributed by atoms with E-state index in [0.717, 1.165) is 4.88 Å². The zero-order valence-electron chi connectivity index (χ0n) is 15.5.